The van der Waals surface area contributed by atoms with Crippen molar-refractivity contribution in [3.8, 4) is 0 Å². The van der Waals surface area contributed by atoms with Crippen molar-refractivity contribution in [1.82, 2.24) is 4.90 Å². The molecule has 25 heavy (non-hydrogen) atoms. The Balaban J connectivity index is 2.38. The van der Waals surface area contributed by atoms with Gasteiger partial charge < -0.3 is 4.90 Å². The second kappa shape index (κ2) is 7.26. The van der Waals surface area contributed by atoms with Gasteiger partial charge >= 0.3 is 0 Å². The molecule has 1 heterocycles. The summed E-state index contributed by atoms with van der Waals surface area (Å²) >= 11 is 6.65. The van der Waals surface area contributed by atoms with E-state index in [0.717, 1.165) is 15.6 Å². The van der Waals surface area contributed by atoms with Crippen LogP contribution in [0.25, 0.3) is 11.3 Å². The average Bonchev–Trinajstić information content (AvgIpc) is 2.58. The molecule has 0 saturated carbocycles. The highest BCUT2D eigenvalue weighted by molar-refractivity contribution is 9.12. The summed E-state index contributed by atoms with van der Waals surface area (Å²) in [4.78, 5) is 1.82. The van der Waals surface area contributed by atoms with Crippen LogP contribution in [0.2, 0.25) is 0 Å². The lowest BCUT2D eigenvalue weighted by atomic mass is 9.94. The third-order valence-electron chi connectivity index (χ3n) is 4.04. The Hall–Kier alpha value is -1.72. The maximum atomic E-state index is 14.7. The largest absolute Gasteiger partial charge is 0.340 e. The van der Waals surface area contributed by atoms with E-state index in [1.54, 1.807) is 0 Å². The van der Waals surface area contributed by atoms with Crippen molar-refractivity contribution in [1.29, 1.82) is 0 Å². The van der Waals surface area contributed by atoms with E-state index in [9.17, 15) is 8.78 Å². The summed E-state index contributed by atoms with van der Waals surface area (Å²) in [6, 6.07) is 12.1. The van der Waals surface area contributed by atoms with Crippen LogP contribution >= 0.6 is 31.9 Å². The summed E-state index contributed by atoms with van der Waals surface area (Å²) in [5.41, 5.74) is 2.70. The number of halogens is 4. The number of rotatable bonds is 3. The van der Waals surface area contributed by atoms with Crippen LogP contribution in [0.15, 0.2) is 69.8 Å². The highest BCUT2D eigenvalue weighted by atomic mass is 79.9. The number of nitrogens with zero attached hydrogens (tertiary/aromatic N) is 1. The molecule has 0 spiro atoms. The predicted octanol–water partition coefficient (Wildman–Crippen LogP) is 6.72. The van der Waals surface area contributed by atoms with Crippen LogP contribution in [0.1, 0.15) is 18.1 Å². The van der Waals surface area contributed by atoms with Crippen LogP contribution in [0.4, 0.5) is 8.78 Å². The maximum absolute atomic E-state index is 14.7. The van der Waals surface area contributed by atoms with Gasteiger partial charge in [-0.1, -0.05) is 52.8 Å². The minimum absolute atomic E-state index is 0.0543. The van der Waals surface area contributed by atoms with Crippen molar-refractivity contribution < 1.29 is 8.78 Å². The van der Waals surface area contributed by atoms with Crippen molar-refractivity contribution in [2.24, 2.45) is 0 Å². The smallest absolute Gasteiger partial charge is 0.136 e. The molecule has 0 aliphatic carbocycles. The quantitative estimate of drug-likeness (QED) is 0.485. The third kappa shape index (κ3) is 3.35. The lowest BCUT2D eigenvalue weighted by Gasteiger charge is -2.34. The summed E-state index contributed by atoms with van der Waals surface area (Å²) in [5, 5.41) is 0. The normalized spacial score (nSPS) is 14.8. The zero-order valence-electron chi connectivity index (χ0n) is 13.5. The lowest BCUT2D eigenvalue weighted by Crippen LogP contribution is -2.25. The van der Waals surface area contributed by atoms with Gasteiger partial charge in [0.1, 0.15) is 11.6 Å². The maximum Gasteiger partial charge on any atom is 0.136 e. The van der Waals surface area contributed by atoms with Gasteiger partial charge in [0.25, 0.3) is 0 Å². The molecule has 0 atom stereocenters. The molecule has 0 unspecified atom stereocenters. The van der Waals surface area contributed by atoms with Crippen molar-refractivity contribution in [3.05, 3.63) is 92.5 Å². The molecule has 5 heteroatoms. The van der Waals surface area contributed by atoms with Crippen LogP contribution in [0.5, 0.6) is 0 Å². The van der Waals surface area contributed by atoms with E-state index in [1.165, 1.54) is 12.1 Å². The van der Waals surface area contributed by atoms with Crippen LogP contribution in [-0.2, 0) is 0 Å². The molecule has 0 bridgehead atoms. The highest BCUT2D eigenvalue weighted by Crippen LogP contribution is 2.42. The van der Waals surface area contributed by atoms with E-state index in [0.29, 0.717) is 22.4 Å². The Morgan fingerprint density at radius 1 is 1.04 bits per heavy atom. The first kappa shape index (κ1) is 18.1. The fraction of sp³-hybridized carbons (Fsp3) is 0.100. The van der Waals surface area contributed by atoms with Gasteiger partial charge in [-0.05, 0) is 46.6 Å². The Labute approximate surface area is 162 Å². The van der Waals surface area contributed by atoms with Gasteiger partial charge in [-0.2, -0.15) is 0 Å². The van der Waals surface area contributed by atoms with E-state index in [2.05, 4.69) is 38.4 Å². The minimum atomic E-state index is -0.618. The molecule has 0 aromatic heterocycles. The second-order valence-electron chi connectivity index (χ2n) is 5.56. The first-order chi connectivity index (χ1) is 11.9. The molecule has 0 radical (unpaired) electrons. The number of benzene rings is 2. The molecule has 3 rings (SSSR count). The molecule has 0 amide bonds. The van der Waals surface area contributed by atoms with Gasteiger partial charge in [0.05, 0.1) is 11.3 Å². The summed E-state index contributed by atoms with van der Waals surface area (Å²) < 4.78 is 30.6. The van der Waals surface area contributed by atoms with Crippen molar-refractivity contribution in [2.45, 2.75) is 6.92 Å². The van der Waals surface area contributed by atoms with Gasteiger partial charge in [0.15, 0.2) is 0 Å². The molecule has 2 aromatic rings. The summed E-state index contributed by atoms with van der Waals surface area (Å²) in [6.07, 6.45) is 1.86. The Morgan fingerprint density at radius 2 is 1.64 bits per heavy atom. The standard InChI is InChI=1S/C20H15Br2F2N/c1-3-25-12(2)16(22)11-15(13-7-5-4-6-8-13)20(25)19-17(23)9-14(21)10-18(19)24/h4-11H,2-3H2,1H3. The minimum Gasteiger partial charge on any atom is -0.340 e. The molecule has 0 saturated heterocycles. The van der Waals surface area contributed by atoms with E-state index in [-0.39, 0.29) is 5.56 Å². The predicted molar refractivity (Wildman–Crippen MR) is 106 cm³/mol. The fourth-order valence-electron chi connectivity index (χ4n) is 2.91. The van der Waals surface area contributed by atoms with E-state index < -0.39 is 11.6 Å². The molecule has 1 nitrogen and oxygen atoms in total. The van der Waals surface area contributed by atoms with Crippen LogP contribution in [0.3, 0.4) is 0 Å². The van der Waals surface area contributed by atoms with E-state index >= 15 is 0 Å². The molecule has 128 valence electrons. The average molecular weight is 467 g/mol. The summed E-state index contributed by atoms with van der Waals surface area (Å²) in [5.74, 6) is -1.24. The van der Waals surface area contributed by atoms with Gasteiger partial charge in [-0.15, -0.1) is 0 Å². The molecule has 1 aliphatic heterocycles. The van der Waals surface area contributed by atoms with E-state index in [1.807, 2.05) is 48.2 Å². The van der Waals surface area contributed by atoms with Crippen molar-refractivity contribution in [3.63, 3.8) is 0 Å². The Morgan fingerprint density at radius 3 is 2.20 bits per heavy atom. The van der Waals surface area contributed by atoms with Gasteiger partial charge in [-0.25, -0.2) is 8.78 Å². The van der Waals surface area contributed by atoms with E-state index in [4.69, 9.17) is 0 Å². The number of hydrogen-bond donors (Lipinski definition) is 0. The topological polar surface area (TPSA) is 3.24 Å². The molecule has 0 fully saturated rings. The first-order valence-corrected chi connectivity index (χ1v) is 9.31. The zero-order chi connectivity index (χ0) is 18.1. The number of hydrogen-bond acceptors (Lipinski definition) is 1. The fourth-order valence-corrected chi connectivity index (χ4v) is 3.76. The number of likely N-dealkylation sites (N-methyl/N-ethyl adjacent to an activating group) is 1. The number of allylic oxidation sites excluding steroid dienone is 3. The molecule has 1 aliphatic rings. The highest BCUT2D eigenvalue weighted by Gasteiger charge is 2.28. The van der Waals surface area contributed by atoms with Crippen molar-refractivity contribution in [2.75, 3.05) is 6.54 Å². The second-order valence-corrected chi connectivity index (χ2v) is 7.33. The summed E-state index contributed by atoms with van der Waals surface area (Å²) in [6.45, 7) is 6.51. The Kier molecular flexibility index (Phi) is 5.25. The van der Waals surface area contributed by atoms with Crippen LogP contribution in [0, 0.1) is 11.6 Å². The van der Waals surface area contributed by atoms with Crippen LogP contribution in [-0.4, -0.2) is 11.4 Å². The molecular formula is C20H15Br2F2N. The van der Waals surface area contributed by atoms with Gasteiger partial charge in [0.2, 0.25) is 0 Å². The lowest BCUT2D eigenvalue weighted by molar-refractivity contribution is 0.509. The Bertz CT molecular complexity index is 878. The molecular weight excluding hydrogens is 452 g/mol. The SMILES string of the molecule is C=C1C(Br)=CC(c2ccccc2)=C(c2c(F)cc(Br)cc2F)N1CC. The monoisotopic (exact) mass is 465 g/mol. The van der Waals surface area contributed by atoms with Gasteiger partial charge in [0, 0.05) is 26.8 Å². The third-order valence-corrected chi connectivity index (χ3v) is 5.19. The molecule has 2 aromatic carbocycles. The summed E-state index contributed by atoms with van der Waals surface area (Å²) in [7, 11) is 0. The van der Waals surface area contributed by atoms with Gasteiger partial charge in [-0.3, -0.25) is 0 Å². The first-order valence-electron chi connectivity index (χ1n) is 7.72. The van der Waals surface area contributed by atoms with Crippen molar-refractivity contribution >= 4 is 43.1 Å². The zero-order valence-corrected chi connectivity index (χ0v) is 16.7. The van der Waals surface area contributed by atoms with Crippen LogP contribution < -0.4 is 0 Å². The molecule has 0 N–H and O–H groups in total.